The van der Waals surface area contributed by atoms with E-state index < -0.39 is 0 Å². The van der Waals surface area contributed by atoms with Crippen molar-refractivity contribution in [1.82, 2.24) is 19.9 Å². The molecule has 0 saturated carbocycles. The summed E-state index contributed by atoms with van der Waals surface area (Å²) in [5, 5.41) is 3.24. The maximum Gasteiger partial charge on any atom is 0.255 e. The first-order valence-corrected chi connectivity index (χ1v) is 8.63. The molecule has 1 N–H and O–H groups in total. The molecule has 2 aromatic rings. The molecule has 0 unspecified atom stereocenters. The van der Waals surface area contributed by atoms with Crippen LogP contribution in [0.2, 0.25) is 0 Å². The number of carbonyl (C=O) groups excluding carboxylic acids is 1. The molecule has 0 spiro atoms. The average Bonchev–Trinajstić information content (AvgIpc) is 3.09. The standard InChI is InChI=1S/C18H21N5O2/c24-17(13-3-1-5-19-9-13)23-8-4-15-14(11-23)12-25-16(15)10-22-18-20-6-2-7-21-18/h1-3,5-7,9,14-16H,4,8,10-12H2,(H,20,21,22)/t14-,15-,16+/m1/s1. The highest BCUT2D eigenvalue weighted by atomic mass is 16.5. The molecule has 0 bridgehead atoms. The molecule has 7 nitrogen and oxygen atoms in total. The van der Waals surface area contributed by atoms with Crippen molar-refractivity contribution in [2.75, 3.05) is 31.6 Å². The Morgan fingerprint density at radius 1 is 1.28 bits per heavy atom. The van der Waals surface area contributed by atoms with Gasteiger partial charge in [0.2, 0.25) is 5.95 Å². The number of piperidine rings is 1. The van der Waals surface area contributed by atoms with Crippen molar-refractivity contribution >= 4 is 11.9 Å². The number of hydrogen-bond donors (Lipinski definition) is 1. The molecular formula is C18H21N5O2. The lowest BCUT2D eigenvalue weighted by atomic mass is 9.84. The van der Waals surface area contributed by atoms with Crippen LogP contribution in [-0.4, -0.2) is 58.1 Å². The lowest BCUT2D eigenvalue weighted by molar-refractivity contribution is 0.0621. The van der Waals surface area contributed by atoms with Crippen LogP contribution in [0, 0.1) is 11.8 Å². The molecule has 2 saturated heterocycles. The van der Waals surface area contributed by atoms with Crippen LogP contribution >= 0.6 is 0 Å². The van der Waals surface area contributed by atoms with Crippen molar-refractivity contribution in [1.29, 1.82) is 0 Å². The van der Waals surface area contributed by atoms with Gasteiger partial charge in [0.05, 0.1) is 18.3 Å². The molecule has 2 fully saturated rings. The minimum atomic E-state index is 0.0609. The second-order valence-electron chi connectivity index (χ2n) is 6.53. The maximum atomic E-state index is 12.6. The van der Waals surface area contributed by atoms with Crippen LogP contribution in [0.25, 0.3) is 0 Å². The number of hydrogen-bond acceptors (Lipinski definition) is 6. The monoisotopic (exact) mass is 339 g/mol. The van der Waals surface area contributed by atoms with Gasteiger partial charge in [-0.3, -0.25) is 9.78 Å². The summed E-state index contributed by atoms with van der Waals surface area (Å²) in [6, 6.07) is 5.41. The number of ether oxygens (including phenoxy) is 1. The molecule has 1 amide bonds. The van der Waals surface area contributed by atoms with Gasteiger partial charge in [0.15, 0.2) is 0 Å². The predicted octanol–water partition coefficient (Wildman–Crippen LogP) is 1.46. The number of carbonyl (C=O) groups is 1. The van der Waals surface area contributed by atoms with E-state index >= 15 is 0 Å². The molecule has 2 aliphatic rings. The van der Waals surface area contributed by atoms with Gasteiger partial charge in [-0.05, 0) is 30.5 Å². The second kappa shape index (κ2) is 7.14. The van der Waals surface area contributed by atoms with Crippen LogP contribution in [0.4, 0.5) is 5.95 Å². The highest BCUT2D eigenvalue weighted by Gasteiger charge is 2.41. The first-order valence-electron chi connectivity index (χ1n) is 8.63. The van der Waals surface area contributed by atoms with E-state index in [0.717, 1.165) is 19.5 Å². The molecule has 25 heavy (non-hydrogen) atoms. The number of rotatable bonds is 4. The Bertz CT molecular complexity index is 712. The number of nitrogens with zero attached hydrogens (tertiary/aromatic N) is 4. The van der Waals surface area contributed by atoms with Crippen molar-refractivity contribution < 1.29 is 9.53 Å². The first-order chi connectivity index (χ1) is 12.3. The lowest BCUT2D eigenvalue weighted by Crippen LogP contribution is -2.45. The summed E-state index contributed by atoms with van der Waals surface area (Å²) < 4.78 is 5.99. The van der Waals surface area contributed by atoms with Crippen LogP contribution < -0.4 is 5.32 Å². The predicted molar refractivity (Wildman–Crippen MR) is 92.0 cm³/mol. The molecule has 130 valence electrons. The minimum Gasteiger partial charge on any atom is -0.376 e. The maximum absolute atomic E-state index is 12.6. The molecule has 7 heteroatoms. The molecule has 4 rings (SSSR count). The first kappa shape index (κ1) is 16.0. The summed E-state index contributed by atoms with van der Waals surface area (Å²) >= 11 is 0. The zero-order chi connectivity index (χ0) is 17.1. The third-order valence-corrected chi connectivity index (χ3v) is 5.02. The van der Waals surface area contributed by atoms with E-state index in [0.29, 0.717) is 36.5 Å². The summed E-state index contributed by atoms with van der Waals surface area (Å²) in [5.41, 5.74) is 0.652. The van der Waals surface area contributed by atoms with Gasteiger partial charge in [-0.25, -0.2) is 9.97 Å². The number of anilines is 1. The van der Waals surface area contributed by atoms with Gasteiger partial charge in [-0.2, -0.15) is 0 Å². The van der Waals surface area contributed by atoms with E-state index in [1.54, 1.807) is 36.9 Å². The number of pyridine rings is 1. The Morgan fingerprint density at radius 3 is 2.96 bits per heavy atom. The Labute approximate surface area is 146 Å². The number of aromatic nitrogens is 3. The largest absolute Gasteiger partial charge is 0.376 e. The number of fused-ring (bicyclic) bond motifs is 1. The van der Waals surface area contributed by atoms with Gasteiger partial charge in [0.1, 0.15) is 0 Å². The molecule has 3 atom stereocenters. The van der Waals surface area contributed by atoms with Gasteiger partial charge in [-0.1, -0.05) is 0 Å². The Balaban J connectivity index is 1.34. The molecule has 0 aliphatic carbocycles. The Morgan fingerprint density at radius 2 is 2.16 bits per heavy atom. The molecule has 0 aromatic carbocycles. The van der Waals surface area contributed by atoms with Gasteiger partial charge < -0.3 is 15.0 Å². The average molecular weight is 339 g/mol. The van der Waals surface area contributed by atoms with Crippen molar-refractivity contribution in [3.8, 4) is 0 Å². The van der Waals surface area contributed by atoms with Crippen LogP contribution in [0.5, 0.6) is 0 Å². The summed E-state index contributed by atoms with van der Waals surface area (Å²) in [7, 11) is 0. The summed E-state index contributed by atoms with van der Waals surface area (Å²) in [6.07, 6.45) is 7.85. The molecule has 4 heterocycles. The van der Waals surface area contributed by atoms with E-state index in [9.17, 15) is 4.79 Å². The van der Waals surface area contributed by atoms with Crippen LogP contribution in [0.1, 0.15) is 16.8 Å². The van der Waals surface area contributed by atoms with Gasteiger partial charge in [0, 0.05) is 50.3 Å². The van der Waals surface area contributed by atoms with Gasteiger partial charge >= 0.3 is 0 Å². The van der Waals surface area contributed by atoms with Crippen molar-refractivity contribution in [3.05, 3.63) is 48.5 Å². The van der Waals surface area contributed by atoms with E-state index in [4.69, 9.17) is 4.74 Å². The summed E-state index contributed by atoms with van der Waals surface area (Å²) in [4.78, 5) is 26.9. The highest BCUT2D eigenvalue weighted by Crippen LogP contribution is 2.34. The third-order valence-electron chi connectivity index (χ3n) is 5.02. The summed E-state index contributed by atoms with van der Waals surface area (Å²) in [6.45, 7) is 2.90. The Kier molecular flexibility index (Phi) is 4.56. The zero-order valence-electron chi connectivity index (χ0n) is 13.9. The highest BCUT2D eigenvalue weighted by molar-refractivity contribution is 5.93. The van der Waals surface area contributed by atoms with Crippen LogP contribution in [-0.2, 0) is 4.74 Å². The van der Waals surface area contributed by atoms with E-state index in [-0.39, 0.29) is 12.0 Å². The SMILES string of the molecule is O=C(c1cccnc1)N1CC[C@@H]2[C@@H](CO[C@H]2CNc2ncccn2)C1. The van der Waals surface area contributed by atoms with Gasteiger partial charge in [0.25, 0.3) is 5.91 Å². The van der Waals surface area contributed by atoms with Crippen molar-refractivity contribution in [2.24, 2.45) is 11.8 Å². The summed E-state index contributed by atoms with van der Waals surface area (Å²) in [5.74, 6) is 1.54. The molecule has 2 aromatic heterocycles. The van der Waals surface area contributed by atoms with Crippen LogP contribution in [0.3, 0.4) is 0 Å². The molecular weight excluding hydrogens is 318 g/mol. The fraction of sp³-hybridized carbons (Fsp3) is 0.444. The van der Waals surface area contributed by atoms with E-state index in [1.807, 2.05) is 11.0 Å². The van der Waals surface area contributed by atoms with Crippen molar-refractivity contribution in [3.63, 3.8) is 0 Å². The van der Waals surface area contributed by atoms with E-state index in [1.165, 1.54) is 0 Å². The minimum absolute atomic E-state index is 0.0609. The molecule has 2 aliphatic heterocycles. The third kappa shape index (κ3) is 3.46. The second-order valence-corrected chi connectivity index (χ2v) is 6.53. The Hall–Kier alpha value is -2.54. The molecule has 0 radical (unpaired) electrons. The zero-order valence-corrected chi connectivity index (χ0v) is 13.9. The van der Waals surface area contributed by atoms with Gasteiger partial charge in [-0.15, -0.1) is 0 Å². The lowest BCUT2D eigenvalue weighted by Gasteiger charge is -2.35. The van der Waals surface area contributed by atoms with E-state index in [2.05, 4.69) is 20.3 Å². The number of nitrogens with one attached hydrogen (secondary N) is 1. The smallest absolute Gasteiger partial charge is 0.255 e. The van der Waals surface area contributed by atoms with Crippen LogP contribution in [0.15, 0.2) is 43.0 Å². The number of amides is 1. The normalized spacial score (nSPS) is 25.4. The fourth-order valence-corrected chi connectivity index (χ4v) is 3.74. The fourth-order valence-electron chi connectivity index (χ4n) is 3.74. The topological polar surface area (TPSA) is 80.2 Å². The van der Waals surface area contributed by atoms with Crippen molar-refractivity contribution in [2.45, 2.75) is 12.5 Å². The number of likely N-dealkylation sites (tertiary alicyclic amines) is 1. The quantitative estimate of drug-likeness (QED) is 0.908.